The summed E-state index contributed by atoms with van der Waals surface area (Å²) in [6.45, 7) is 6.85. The number of nitrogens with zero attached hydrogens (tertiary/aromatic N) is 1. The zero-order valence-electron chi connectivity index (χ0n) is 15.3. The first-order chi connectivity index (χ1) is 11.7. The van der Waals surface area contributed by atoms with E-state index < -0.39 is 17.4 Å². The number of carbonyl (C=O) groups is 3. The van der Waals surface area contributed by atoms with E-state index in [1.165, 1.54) is 7.11 Å². The van der Waals surface area contributed by atoms with E-state index >= 15 is 0 Å². The molecule has 1 aromatic rings. The molecular formula is C19H26N2O4. The third kappa shape index (κ3) is 4.81. The molecule has 2 amide bonds. The fourth-order valence-corrected chi connectivity index (χ4v) is 2.86. The predicted molar refractivity (Wildman–Crippen MR) is 93.8 cm³/mol. The SMILES string of the molecule is COC(=O)[C@@H](NC(=O)c1cccc(CN2CCCC2=O)c1)C(C)(C)C. The molecule has 1 saturated heterocycles. The summed E-state index contributed by atoms with van der Waals surface area (Å²) < 4.78 is 4.80. The number of nitrogens with one attached hydrogen (secondary N) is 1. The smallest absolute Gasteiger partial charge is 0.328 e. The molecule has 1 aliphatic heterocycles. The lowest BCUT2D eigenvalue weighted by Crippen LogP contribution is -2.49. The van der Waals surface area contributed by atoms with Crippen LogP contribution in [0.5, 0.6) is 0 Å². The number of amides is 2. The monoisotopic (exact) mass is 346 g/mol. The van der Waals surface area contributed by atoms with E-state index in [2.05, 4.69) is 5.32 Å². The number of likely N-dealkylation sites (tertiary alicyclic amines) is 1. The van der Waals surface area contributed by atoms with Gasteiger partial charge in [-0.2, -0.15) is 0 Å². The van der Waals surface area contributed by atoms with Gasteiger partial charge in [0.15, 0.2) is 0 Å². The van der Waals surface area contributed by atoms with Gasteiger partial charge in [0.1, 0.15) is 6.04 Å². The molecule has 0 radical (unpaired) electrons. The fourth-order valence-electron chi connectivity index (χ4n) is 2.86. The van der Waals surface area contributed by atoms with Gasteiger partial charge in [0, 0.05) is 25.1 Å². The van der Waals surface area contributed by atoms with Gasteiger partial charge >= 0.3 is 5.97 Å². The third-order valence-corrected chi connectivity index (χ3v) is 4.31. The number of carbonyl (C=O) groups excluding carboxylic acids is 3. The highest BCUT2D eigenvalue weighted by atomic mass is 16.5. The molecule has 1 aromatic carbocycles. The Morgan fingerprint density at radius 1 is 1.32 bits per heavy atom. The standard InChI is InChI=1S/C19H26N2O4/c1-19(2,3)16(18(24)25-4)20-17(23)14-8-5-7-13(11-14)12-21-10-6-9-15(21)22/h5,7-8,11,16H,6,9-10,12H2,1-4H3,(H,20,23)/t16-/m1/s1. The first kappa shape index (κ1) is 19.0. The maximum atomic E-state index is 12.6. The summed E-state index contributed by atoms with van der Waals surface area (Å²) >= 11 is 0. The van der Waals surface area contributed by atoms with E-state index in [4.69, 9.17) is 4.74 Å². The Balaban J connectivity index is 2.12. The molecule has 0 saturated carbocycles. The summed E-state index contributed by atoms with van der Waals surface area (Å²) in [6, 6.07) is 6.40. The van der Waals surface area contributed by atoms with E-state index in [9.17, 15) is 14.4 Å². The molecule has 1 atom stereocenters. The van der Waals surface area contributed by atoms with E-state index in [1.54, 1.807) is 23.1 Å². The van der Waals surface area contributed by atoms with Gasteiger partial charge in [-0.1, -0.05) is 32.9 Å². The highest BCUT2D eigenvalue weighted by Crippen LogP contribution is 2.21. The Bertz CT molecular complexity index is 664. The van der Waals surface area contributed by atoms with E-state index in [0.29, 0.717) is 18.5 Å². The van der Waals surface area contributed by atoms with Crippen LogP contribution in [0.1, 0.15) is 49.5 Å². The van der Waals surface area contributed by atoms with Crippen molar-refractivity contribution in [3.05, 3.63) is 35.4 Å². The Labute approximate surface area is 148 Å². The second-order valence-corrected chi connectivity index (χ2v) is 7.41. The lowest BCUT2D eigenvalue weighted by molar-refractivity contribution is -0.145. The predicted octanol–water partition coefficient (Wildman–Crippen LogP) is 2.13. The molecule has 0 aliphatic carbocycles. The Morgan fingerprint density at radius 3 is 2.60 bits per heavy atom. The lowest BCUT2D eigenvalue weighted by atomic mass is 9.86. The Morgan fingerprint density at radius 2 is 2.04 bits per heavy atom. The number of rotatable bonds is 5. The number of ether oxygens (including phenoxy) is 1. The third-order valence-electron chi connectivity index (χ3n) is 4.31. The normalized spacial score (nSPS) is 15.8. The van der Waals surface area contributed by atoms with Gasteiger partial charge in [-0.25, -0.2) is 4.79 Å². The summed E-state index contributed by atoms with van der Waals surface area (Å²) in [5.41, 5.74) is 0.887. The van der Waals surface area contributed by atoms with Crippen molar-refractivity contribution in [2.24, 2.45) is 5.41 Å². The Hall–Kier alpha value is -2.37. The van der Waals surface area contributed by atoms with Gasteiger partial charge in [0.2, 0.25) is 5.91 Å². The van der Waals surface area contributed by atoms with Gasteiger partial charge in [-0.3, -0.25) is 9.59 Å². The van der Waals surface area contributed by atoms with Crippen LogP contribution < -0.4 is 5.32 Å². The van der Waals surface area contributed by atoms with E-state index in [0.717, 1.165) is 18.5 Å². The number of hydrogen-bond donors (Lipinski definition) is 1. The van der Waals surface area contributed by atoms with Gasteiger partial charge in [-0.15, -0.1) is 0 Å². The number of benzene rings is 1. The highest BCUT2D eigenvalue weighted by Gasteiger charge is 2.33. The van der Waals surface area contributed by atoms with Gasteiger partial charge in [0.05, 0.1) is 7.11 Å². The molecular weight excluding hydrogens is 320 g/mol. The molecule has 6 heteroatoms. The van der Waals surface area contributed by atoms with Crippen molar-refractivity contribution in [3.63, 3.8) is 0 Å². The van der Waals surface area contributed by atoms with Crippen LogP contribution in [-0.4, -0.2) is 42.4 Å². The zero-order chi connectivity index (χ0) is 18.6. The first-order valence-electron chi connectivity index (χ1n) is 8.48. The van der Waals surface area contributed by atoms with Crippen molar-refractivity contribution in [2.45, 2.75) is 46.2 Å². The van der Waals surface area contributed by atoms with E-state index in [-0.39, 0.29) is 11.8 Å². The van der Waals surface area contributed by atoms with Gasteiger partial charge < -0.3 is 15.0 Å². The summed E-state index contributed by atoms with van der Waals surface area (Å²) in [6.07, 6.45) is 1.47. The second-order valence-electron chi connectivity index (χ2n) is 7.41. The summed E-state index contributed by atoms with van der Waals surface area (Å²) in [5, 5.41) is 2.76. The average molecular weight is 346 g/mol. The zero-order valence-corrected chi connectivity index (χ0v) is 15.3. The quantitative estimate of drug-likeness (QED) is 0.829. The van der Waals surface area contributed by atoms with Crippen LogP contribution in [0.15, 0.2) is 24.3 Å². The minimum Gasteiger partial charge on any atom is -0.467 e. The molecule has 6 nitrogen and oxygen atoms in total. The highest BCUT2D eigenvalue weighted by molar-refractivity contribution is 5.97. The summed E-state index contributed by atoms with van der Waals surface area (Å²) in [4.78, 5) is 38.1. The maximum Gasteiger partial charge on any atom is 0.328 e. The van der Waals surface area contributed by atoms with Gasteiger partial charge in [0.25, 0.3) is 5.91 Å². The van der Waals surface area contributed by atoms with Gasteiger partial charge in [-0.05, 0) is 29.5 Å². The summed E-state index contributed by atoms with van der Waals surface area (Å²) in [7, 11) is 1.31. The molecule has 0 unspecified atom stereocenters. The molecule has 136 valence electrons. The molecule has 2 rings (SSSR count). The number of esters is 1. The molecule has 0 bridgehead atoms. The lowest BCUT2D eigenvalue weighted by Gasteiger charge is -2.29. The van der Waals surface area contributed by atoms with Crippen LogP contribution in [0.2, 0.25) is 0 Å². The molecule has 1 aliphatic rings. The van der Waals surface area contributed by atoms with Crippen LogP contribution in [-0.2, 0) is 20.9 Å². The average Bonchev–Trinajstić information content (AvgIpc) is 2.96. The fraction of sp³-hybridized carbons (Fsp3) is 0.526. The Kier molecular flexibility index (Phi) is 5.82. The first-order valence-corrected chi connectivity index (χ1v) is 8.48. The molecule has 0 spiro atoms. The van der Waals surface area contributed by atoms with Crippen LogP contribution in [0.25, 0.3) is 0 Å². The molecule has 1 N–H and O–H groups in total. The van der Waals surface area contributed by atoms with Crippen LogP contribution in [0, 0.1) is 5.41 Å². The maximum absolute atomic E-state index is 12.6. The van der Waals surface area contributed by atoms with Crippen LogP contribution in [0.4, 0.5) is 0 Å². The van der Waals surface area contributed by atoms with Crippen LogP contribution >= 0.6 is 0 Å². The van der Waals surface area contributed by atoms with Crippen molar-refractivity contribution in [3.8, 4) is 0 Å². The van der Waals surface area contributed by atoms with Crippen molar-refractivity contribution < 1.29 is 19.1 Å². The second kappa shape index (κ2) is 7.68. The minimum atomic E-state index is -0.742. The van der Waals surface area contributed by atoms with Crippen molar-refractivity contribution in [1.29, 1.82) is 0 Å². The van der Waals surface area contributed by atoms with Crippen molar-refractivity contribution in [1.82, 2.24) is 10.2 Å². The molecule has 1 heterocycles. The number of hydrogen-bond acceptors (Lipinski definition) is 4. The van der Waals surface area contributed by atoms with Crippen LogP contribution in [0.3, 0.4) is 0 Å². The van der Waals surface area contributed by atoms with E-state index in [1.807, 2.05) is 26.8 Å². The molecule has 25 heavy (non-hydrogen) atoms. The number of methoxy groups -OCH3 is 1. The topological polar surface area (TPSA) is 75.7 Å². The largest absolute Gasteiger partial charge is 0.467 e. The van der Waals surface area contributed by atoms with Crippen molar-refractivity contribution >= 4 is 17.8 Å². The minimum absolute atomic E-state index is 0.147. The summed E-state index contributed by atoms with van der Waals surface area (Å²) in [5.74, 6) is -0.659. The molecule has 1 fully saturated rings. The van der Waals surface area contributed by atoms with Crippen molar-refractivity contribution in [2.75, 3.05) is 13.7 Å². The molecule has 0 aromatic heterocycles.